The van der Waals surface area contributed by atoms with Gasteiger partial charge in [0.1, 0.15) is 11.4 Å². The van der Waals surface area contributed by atoms with Crippen LogP contribution in [0.3, 0.4) is 0 Å². The number of hydrogen-bond acceptors (Lipinski definition) is 3. The Morgan fingerprint density at radius 1 is 0.840 bits per heavy atom. The lowest BCUT2D eigenvalue weighted by molar-refractivity contribution is -0.140. The van der Waals surface area contributed by atoms with Gasteiger partial charge in [-0.3, -0.25) is 9.59 Å². The second-order valence-electron chi connectivity index (χ2n) is 8.57. The molecule has 2 rings (SSSR count). The van der Waals surface area contributed by atoms with Crippen LogP contribution in [0.1, 0.15) is 51.9 Å². The van der Waals surface area contributed by atoms with Crippen LogP contribution < -0.4 is 4.74 Å². The molecule has 1 aliphatic rings. The fraction of sp³-hybridized carbons (Fsp3) is 0.600. The van der Waals surface area contributed by atoms with E-state index >= 15 is 0 Å². The molecule has 1 aromatic carbocycles. The summed E-state index contributed by atoms with van der Waals surface area (Å²) in [5.74, 6) is 0.901. The first-order valence-corrected chi connectivity index (χ1v) is 8.85. The van der Waals surface area contributed by atoms with E-state index in [-0.39, 0.29) is 22.8 Å². The number of carbonyl (C=O) groups excluding carboxylic acids is 2. The molecule has 5 heteroatoms. The minimum atomic E-state index is -0.380. The normalized spacial score (nSPS) is 15.9. The number of nitrogens with zero attached hydrogens (tertiary/aromatic N) is 2. The molecule has 0 unspecified atom stereocenters. The number of rotatable bonds is 2. The Morgan fingerprint density at radius 2 is 1.32 bits per heavy atom. The van der Waals surface area contributed by atoms with Crippen molar-refractivity contribution in [3.05, 3.63) is 29.8 Å². The van der Waals surface area contributed by atoms with Crippen LogP contribution in [0, 0.1) is 5.41 Å². The second-order valence-corrected chi connectivity index (χ2v) is 8.57. The monoisotopic (exact) mass is 346 g/mol. The van der Waals surface area contributed by atoms with Crippen molar-refractivity contribution < 1.29 is 14.3 Å². The van der Waals surface area contributed by atoms with Crippen LogP contribution in [0.25, 0.3) is 0 Å². The summed E-state index contributed by atoms with van der Waals surface area (Å²) in [6, 6.07) is 7.27. The Balaban J connectivity index is 1.95. The van der Waals surface area contributed by atoms with E-state index in [0.717, 1.165) is 5.75 Å². The molecule has 138 valence electrons. The summed E-state index contributed by atoms with van der Waals surface area (Å²) in [5, 5.41) is 0. The summed E-state index contributed by atoms with van der Waals surface area (Å²) >= 11 is 0. The fourth-order valence-electron chi connectivity index (χ4n) is 2.79. The maximum atomic E-state index is 12.7. The van der Waals surface area contributed by atoms with Crippen molar-refractivity contribution >= 4 is 11.8 Å². The number of amides is 2. The van der Waals surface area contributed by atoms with Crippen LogP contribution in [0.5, 0.6) is 5.75 Å². The van der Waals surface area contributed by atoms with Crippen LogP contribution in [-0.4, -0.2) is 53.4 Å². The minimum absolute atomic E-state index is 0.00478. The highest BCUT2D eigenvalue weighted by Crippen LogP contribution is 2.21. The van der Waals surface area contributed by atoms with Gasteiger partial charge >= 0.3 is 0 Å². The first-order valence-electron chi connectivity index (χ1n) is 8.85. The van der Waals surface area contributed by atoms with E-state index in [1.165, 1.54) is 0 Å². The Hall–Kier alpha value is -2.04. The van der Waals surface area contributed by atoms with Gasteiger partial charge < -0.3 is 14.5 Å². The highest BCUT2D eigenvalue weighted by Gasteiger charge is 2.31. The van der Waals surface area contributed by atoms with E-state index in [4.69, 9.17) is 4.74 Å². The summed E-state index contributed by atoms with van der Waals surface area (Å²) in [4.78, 5) is 28.6. The smallest absolute Gasteiger partial charge is 0.253 e. The van der Waals surface area contributed by atoms with Crippen molar-refractivity contribution in [1.29, 1.82) is 0 Å². The number of ether oxygens (including phenoxy) is 1. The van der Waals surface area contributed by atoms with Crippen LogP contribution >= 0.6 is 0 Å². The average molecular weight is 346 g/mol. The topological polar surface area (TPSA) is 49.9 Å². The second kappa shape index (κ2) is 7.06. The number of benzene rings is 1. The zero-order valence-electron chi connectivity index (χ0n) is 16.3. The SMILES string of the molecule is CC(C)(C)Oc1ccc(C(=O)N2CCN(C(=O)C(C)(C)C)CC2)cc1. The van der Waals surface area contributed by atoms with Gasteiger partial charge in [0, 0.05) is 37.2 Å². The molecular weight excluding hydrogens is 316 g/mol. The molecule has 0 bridgehead atoms. The largest absolute Gasteiger partial charge is 0.488 e. The molecular formula is C20H30N2O3. The van der Waals surface area contributed by atoms with Gasteiger partial charge in [0.25, 0.3) is 5.91 Å². The summed E-state index contributed by atoms with van der Waals surface area (Å²) in [6.07, 6.45) is 0. The molecule has 0 atom stereocenters. The van der Waals surface area contributed by atoms with Gasteiger partial charge in [0.2, 0.25) is 5.91 Å². The van der Waals surface area contributed by atoms with Gasteiger partial charge in [0.15, 0.2) is 0 Å². The highest BCUT2D eigenvalue weighted by molar-refractivity contribution is 5.94. The first-order chi connectivity index (χ1) is 11.5. The lowest BCUT2D eigenvalue weighted by Crippen LogP contribution is -2.53. The molecule has 25 heavy (non-hydrogen) atoms. The molecule has 0 spiro atoms. The maximum absolute atomic E-state index is 12.7. The van der Waals surface area contributed by atoms with Crippen LogP contribution in [0.2, 0.25) is 0 Å². The number of carbonyl (C=O) groups is 2. The highest BCUT2D eigenvalue weighted by atomic mass is 16.5. The fourth-order valence-corrected chi connectivity index (χ4v) is 2.79. The van der Waals surface area contributed by atoms with Crippen molar-refractivity contribution in [3.63, 3.8) is 0 Å². The van der Waals surface area contributed by atoms with E-state index in [1.54, 1.807) is 12.1 Å². The van der Waals surface area contributed by atoms with Gasteiger partial charge in [0.05, 0.1) is 0 Å². The van der Waals surface area contributed by atoms with Gasteiger partial charge in [-0.1, -0.05) is 20.8 Å². The van der Waals surface area contributed by atoms with Gasteiger partial charge in [-0.25, -0.2) is 0 Å². The molecule has 0 saturated carbocycles. The van der Waals surface area contributed by atoms with E-state index in [9.17, 15) is 9.59 Å². The summed E-state index contributed by atoms with van der Waals surface area (Å²) in [6.45, 7) is 14.1. The van der Waals surface area contributed by atoms with E-state index in [0.29, 0.717) is 31.7 Å². The van der Waals surface area contributed by atoms with Crippen LogP contribution in [0.4, 0.5) is 0 Å². The molecule has 1 aromatic rings. The third-order valence-corrected chi connectivity index (χ3v) is 4.02. The standard InChI is InChI=1S/C20H30N2O3/c1-19(2,3)18(24)22-13-11-21(12-14-22)17(23)15-7-9-16(10-8-15)25-20(4,5)6/h7-10H,11-14H2,1-6H3. The van der Waals surface area contributed by atoms with Crippen molar-refractivity contribution in [2.75, 3.05) is 26.2 Å². The Labute approximate surface area is 150 Å². The van der Waals surface area contributed by atoms with E-state index < -0.39 is 0 Å². The molecule has 5 nitrogen and oxygen atoms in total. The summed E-state index contributed by atoms with van der Waals surface area (Å²) < 4.78 is 5.79. The third-order valence-electron chi connectivity index (χ3n) is 4.02. The molecule has 0 N–H and O–H groups in total. The predicted octanol–water partition coefficient (Wildman–Crippen LogP) is 3.19. The minimum Gasteiger partial charge on any atom is -0.488 e. The summed E-state index contributed by atoms with van der Waals surface area (Å²) in [5.41, 5.74) is 0.00752. The Kier molecular flexibility index (Phi) is 5.45. The quantitative estimate of drug-likeness (QED) is 0.826. The van der Waals surface area contributed by atoms with E-state index in [1.807, 2.05) is 63.5 Å². The van der Waals surface area contributed by atoms with Gasteiger partial charge in [-0.05, 0) is 45.0 Å². The average Bonchev–Trinajstić information content (AvgIpc) is 2.52. The van der Waals surface area contributed by atoms with Gasteiger partial charge in [-0.2, -0.15) is 0 Å². The van der Waals surface area contributed by atoms with Crippen molar-refractivity contribution in [1.82, 2.24) is 9.80 Å². The van der Waals surface area contributed by atoms with Crippen LogP contribution in [0.15, 0.2) is 24.3 Å². The zero-order valence-corrected chi connectivity index (χ0v) is 16.3. The lowest BCUT2D eigenvalue weighted by atomic mass is 9.94. The van der Waals surface area contributed by atoms with Crippen molar-refractivity contribution in [3.8, 4) is 5.75 Å². The lowest BCUT2D eigenvalue weighted by Gasteiger charge is -2.37. The van der Waals surface area contributed by atoms with E-state index in [2.05, 4.69) is 0 Å². The van der Waals surface area contributed by atoms with Crippen molar-refractivity contribution in [2.45, 2.75) is 47.1 Å². The molecule has 1 saturated heterocycles. The predicted molar refractivity (Wildman–Crippen MR) is 98.8 cm³/mol. The Morgan fingerprint density at radius 3 is 1.76 bits per heavy atom. The molecule has 0 aromatic heterocycles. The molecule has 2 amide bonds. The zero-order chi connectivity index (χ0) is 18.8. The number of piperazine rings is 1. The molecule has 1 fully saturated rings. The summed E-state index contributed by atoms with van der Waals surface area (Å²) in [7, 11) is 0. The maximum Gasteiger partial charge on any atom is 0.253 e. The molecule has 1 aliphatic heterocycles. The third kappa shape index (κ3) is 5.21. The molecule has 1 heterocycles. The van der Waals surface area contributed by atoms with Crippen molar-refractivity contribution in [2.24, 2.45) is 5.41 Å². The number of hydrogen-bond donors (Lipinski definition) is 0. The molecule has 0 radical (unpaired) electrons. The van der Waals surface area contributed by atoms with Crippen LogP contribution in [-0.2, 0) is 4.79 Å². The first kappa shape index (κ1) is 19.3. The Bertz CT molecular complexity index is 616. The molecule has 0 aliphatic carbocycles. The van der Waals surface area contributed by atoms with Gasteiger partial charge in [-0.15, -0.1) is 0 Å².